The number of aliphatic carboxylic acids is 1. The van der Waals surface area contributed by atoms with E-state index in [1.807, 2.05) is 4.90 Å². The van der Waals surface area contributed by atoms with Gasteiger partial charge >= 0.3 is 5.97 Å². The first-order valence-corrected chi connectivity index (χ1v) is 14.5. The maximum absolute atomic E-state index is 13.2. The average Bonchev–Trinajstić information content (AvgIpc) is 3.55. The zero-order valence-corrected chi connectivity index (χ0v) is 23.5. The second kappa shape index (κ2) is 12.3. The van der Waals surface area contributed by atoms with Gasteiger partial charge in [-0.25, -0.2) is 15.0 Å². The number of Topliss-reactive ketones (excluding diaryl/α,β-unsaturated/α-hetero) is 1. The van der Waals surface area contributed by atoms with Crippen molar-refractivity contribution in [1.29, 1.82) is 0 Å². The summed E-state index contributed by atoms with van der Waals surface area (Å²) in [5.41, 5.74) is 3.61. The van der Waals surface area contributed by atoms with Crippen molar-refractivity contribution < 1.29 is 14.7 Å². The molecule has 0 unspecified atom stereocenters. The number of nitrogens with zero attached hydrogens (tertiary/aromatic N) is 6. The number of piperazine rings is 1. The predicted molar refractivity (Wildman–Crippen MR) is 152 cm³/mol. The molecule has 2 aliphatic rings. The van der Waals surface area contributed by atoms with Crippen LogP contribution < -0.4 is 4.90 Å². The molecule has 1 N–H and O–H groups in total. The van der Waals surface area contributed by atoms with Crippen LogP contribution in [0.25, 0.3) is 11.3 Å². The molecule has 206 valence electrons. The van der Waals surface area contributed by atoms with E-state index in [0.29, 0.717) is 43.7 Å². The molecule has 2 aliphatic heterocycles. The molecule has 39 heavy (non-hydrogen) atoms. The molecule has 5 rings (SSSR count). The monoisotopic (exact) mass is 548 g/mol. The number of aromatic nitrogens is 3. The van der Waals surface area contributed by atoms with Gasteiger partial charge in [0.15, 0.2) is 5.78 Å². The van der Waals surface area contributed by atoms with Crippen molar-refractivity contribution in [3.8, 4) is 11.3 Å². The SMILES string of the molecule is CC[C@@H]1CCCN1Cc1sc(CC(=O)c2cnc(N3CCN(CC(=O)O)CC3)cn2)nc1-c1cccc(C)c1. The minimum absolute atomic E-state index is 0.0498. The van der Waals surface area contributed by atoms with Crippen molar-refractivity contribution in [2.24, 2.45) is 0 Å². The van der Waals surface area contributed by atoms with Crippen molar-refractivity contribution in [1.82, 2.24) is 24.8 Å². The number of aryl methyl sites for hydroxylation is 1. The maximum Gasteiger partial charge on any atom is 0.317 e. The lowest BCUT2D eigenvalue weighted by Crippen LogP contribution is -2.48. The molecule has 1 atom stereocenters. The van der Waals surface area contributed by atoms with Gasteiger partial charge in [-0.2, -0.15) is 0 Å². The average molecular weight is 549 g/mol. The molecule has 0 aliphatic carbocycles. The van der Waals surface area contributed by atoms with Gasteiger partial charge in [-0.3, -0.25) is 19.4 Å². The van der Waals surface area contributed by atoms with Gasteiger partial charge in [0.05, 0.1) is 31.1 Å². The summed E-state index contributed by atoms with van der Waals surface area (Å²) in [4.78, 5) is 45.8. The lowest BCUT2D eigenvalue weighted by Gasteiger charge is -2.34. The van der Waals surface area contributed by atoms with E-state index < -0.39 is 5.97 Å². The standard InChI is InChI=1S/C29H36N6O3S/c1-3-22-8-5-9-35(22)18-25-29(21-7-4-6-20(2)14-21)32-27(39-25)15-24(36)23-16-31-26(17-30-23)34-12-10-33(11-13-34)19-28(37)38/h4,6-7,14,16-17,22H,3,5,8-13,15,18-19H2,1-2H3,(H,37,38)/t22-/m1/s1. The van der Waals surface area contributed by atoms with Gasteiger partial charge < -0.3 is 10.0 Å². The summed E-state index contributed by atoms with van der Waals surface area (Å²) in [6.45, 7) is 9.02. The van der Waals surface area contributed by atoms with E-state index >= 15 is 0 Å². The molecular formula is C29H36N6O3S. The number of carbonyl (C=O) groups excluding carboxylic acids is 1. The molecule has 0 radical (unpaired) electrons. The lowest BCUT2D eigenvalue weighted by atomic mass is 10.1. The van der Waals surface area contributed by atoms with Crippen LogP contribution in [0.1, 0.15) is 52.1 Å². The van der Waals surface area contributed by atoms with Crippen molar-refractivity contribution in [2.75, 3.05) is 44.2 Å². The first-order chi connectivity index (χ1) is 18.9. The number of carboxylic acid groups (broad SMARTS) is 1. The Morgan fingerprint density at radius 1 is 1.10 bits per heavy atom. The fourth-order valence-electron chi connectivity index (χ4n) is 5.53. The number of likely N-dealkylation sites (tertiary alicyclic amines) is 1. The molecule has 9 nitrogen and oxygen atoms in total. The van der Waals surface area contributed by atoms with Crippen molar-refractivity contribution in [3.63, 3.8) is 0 Å². The number of hydrogen-bond donors (Lipinski definition) is 1. The highest BCUT2D eigenvalue weighted by molar-refractivity contribution is 7.12. The summed E-state index contributed by atoms with van der Waals surface area (Å²) in [7, 11) is 0. The normalized spacial score (nSPS) is 18.5. The van der Waals surface area contributed by atoms with Crippen molar-refractivity contribution >= 4 is 28.9 Å². The Kier molecular flexibility index (Phi) is 8.64. The van der Waals surface area contributed by atoms with Crippen LogP contribution in [0.2, 0.25) is 0 Å². The Morgan fingerprint density at radius 2 is 1.92 bits per heavy atom. The van der Waals surface area contributed by atoms with Gasteiger partial charge in [0, 0.05) is 49.2 Å². The quantitative estimate of drug-likeness (QED) is 0.378. The van der Waals surface area contributed by atoms with E-state index in [0.717, 1.165) is 35.8 Å². The van der Waals surface area contributed by atoms with Crippen molar-refractivity contribution in [2.45, 2.75) is 52.1 Å². The number of carbonyl (C=O) groups is 2. The number of carboxylic acids is 1. The highest BCUT2D eigenvalue weighted by Crippen LogP contribution is 2.33. The fraction of sp³-hybridized carbons (Fsp3) is 0.483. The van der Waals surface area contributed by atoms with E-state index in [-0.39, 0.29) is 18.7 Å². The van der Waals surface area contributed by atoms with Crippen LogP contribution in [0.5, 0.6) is 0 Å². The van der Waals surface area contributed by atoms with Crippen LogP contribution in [-0.4, -0.2) is 86.9 Å². The summed E-state index contributed by atoms with van der Waals surface area (Å²) < 4.78 is 0. The number of ketones is 1. The third-order valence-corrected chi connectivity index (χ3v) is 8.68. The molecule has 0 spiro atoms. The first-order valence-electron chi connectivity index (χ1n) is 13.7. The molecular weight excluding hydrogens is 512 g/mol. The van der Waals surface area contributed by atoms with Crippen LogP contribution in [0.3, 0.4) is 0 Å². The molecule has 0 bridgehead atoms. The molecule has 2 fully saturated rings. The van der Waals surface area contributed by atoms with Gasteiger partial charge in [0.25, 0.3) is 0 Å². The van der Waals surface area contributed by atoms with E-state index in [4.69, 9.17) is 10.1 Å². The Hall–Kier alpha value is -3.21. The second-order valence-corrected chi connectivity index (χ2v) is 11.6. The van der Waals surface area contributed by atoms with Crippen LogP contribution in [0.4, 0.5) is 5.82 Å². The minimum atomic E-state index is -0.814. The topological polar surface area (TPSA) is 103 Å². The third kappa shape index (κ3) is 6.69. The Balaban J connectivity index is 1.28. The Bertz CT molecular complexity index is 1300. The molecule has 1 aromatic carbocycles. The first kappa shape index (κ1) is 27.4. The molecule has 3 aromatic rings. The van der Waals surface area contributed by atoms with Crippen LogP contribution in [0, 0.1) is 6.92 Å². The van der Waals surface area contributed by atoms with Crippen LogP contribution >= 0.6 is 11.3 Å². The van der Waals surface area contributed by atoms with Gasteiger partial charge in [-0.15, -0.1) is 11.3 Å². The number of anilines is 1. The smallest absolute Gasteiger partial charge is 0.317 e. The molecule has 2 aromatic heterocycles. The predicted octanol–water partition coefficient (Wildman–Crippen LogP) is 3.91. The maximum atomic E-state index is 13.2. The summed E-state index contributed by atoms with van der Waals surface area (Å²) in [6, 6.07) is 9.02. The summed E-state index contributed by atoms with van der Waals surface area (Å²) in [5, 5.41) is 9.80. The number of thiazole rings is 1. The zero-order chi connectivity index (χ0) is 27.4. The van der Waals surface area contributed by atoms with Gasteiger partial charge in [0.1, 0.15) is 16.5 Å². The van der Waals surface area contributed by atoms with E-state index in [2.05, 4.69) is 57.9 Å². The number of rotatable bonds is 10. The van der Waals surface area contributed by atoms with E-state index in [1.54, 1.807) is 23.7 Å². The number of benzene rings is 1. The van der Waals surface area contributed by atoms with Crippen LogP contribution in [0.15, 0.2) is 36.7 Å². The van der Waals surface area contributed by atoms with Crippen molar-refractivity contribution in [3.05, 3.63) is 57.8 Å². The summed E-state index contributed by atoms with van der Waals surface area (Å²) in [6.07, 6.45) is 7.01. The summed E-state index contributed by atoms with van der Waals surface area (Å²) in [5.74, 6) is -0.203. The molecule has 4 heterocycles. The lowest BCUT2D eigenvalue weighted by molar-refractivity contribution is -0.138. The Labute approximate surface area is 233 Å². The molecule has 0 saturated carbocycles. The minimum Gasteiger partial charge on any atom is -0.480 e. The largest absolute Gasteiger partial charge is 0.480 e. The highest BCUT2D eigenvalue weighted by Gasteiger charge is 2.26. The molecule has 0 amide bonds. The number of hydrogen-bond acceptors (Lipinski definition) is 9. The molecule has 2 saturated heterocycles. The second-order valence-electron chi connectivity index (χ2n) is 10.4. The van der Waals surface area contributed by atoms with Gasteiger partial charge in [0.2, 0.25) is 0 Å². The zero-order valence-electron chi connectivity index (χ0n) is 22.7. The third-order valence-electron chi connectivity index (χ3n) is 7.64. The van der Waals surface area contributed by atoms with Gasteiger partial charge in [-0.05, 0) is 38.8 Å². The fourth-order valence-corrected chi connectivity index (χ4v) is 6.65. The summed E-state index contributed by atoms with van der Waals surface area (Å²) >= 11 is 1.64. The molecule has 10 heteroatoms. The van der Waals surface area contributed by atoms with Crippen LogP contribution in [-0.2, 0) is 17.8 Å². The van der Waals surface area contributed by atoms with E-state index in [9.17, 15) is 9.59 Å². The highest BCUT2D eigenvalue weighted by atomic mass is 32.1. The van der Waals surface area contributed by atoms with E-state index in [1.165, 1.54) is 23.3 Å². The van der Waals surface area contributed by atoms with Gasteiger partial charge in [-0.1, -0.05) is 30.7 Å². The Morgan fingerprint density at radius 3 is 2.62 bits per heavy atom.